The fraction of sp³-hybridized carbons (Fsp3) is 0.389. The summed E-state index contributed by atoms with van der Waals surface area (Å²) in [6.07, 6.45) is 3.63. The maximum atomic E-state index is 16.6. The molecule has 13 heteroatoms. The largest absolute Gasteiger partial charge is 0.381 e. The highest BCUT2D eigenvalue weighted by atomic mass is 19.1. The van der Waals surface area contributed by atoms with Crippen LogP contribution in [0, 0.1) is 11.6 Å². The van der Waals surface area contributed by atoms with Crippen LogP contribution in [0.2, 0.25) is 0 Å². The Kier molecular flexibility index (Phi) is 8.82. The van der Waals surface area contributed by atoms with E-state index in [1.165, 1.54) is 47.6 Å². The average Bonchev–Trinajstić information content (AvgIpc) is 3.05. The van der Waals surface area contributed by atoms with E-state index < -0.39 is 34.5 Å². The molecular weight excluding hydrogens is 632 g/mol. The Hall–Kier alpha value is -5.04. The first-order valence-electron chi connectivity index (χ1n) is 16.4. The zero-order valence-corrected chi connectivity index (χ0v) is 28.2. The first-order valence-corrected chi connectivity index (χ1v) is 16.4. The van der Waals surface area contributed by atoms with E-state index in [-0.39, 0.29) is 52.5 Å². The number of hydrogen-bond donors (Lipinski definition) is 1. The number of fused-ring (bicyclic) bond motifs is 5. The van der Waals surface area contributed by atoms with Gasteiger partial charge >= 0.3 is 5.69 Å². The standard InChI is InChI=1S/C36H39F2N7O4/c1-7-27(46)42-16-17-43(21(4)19-42)32-23-18-25(38)30-28-24(37)11-8-12-26(28)44(34(47)36(5,6)49)15-9-10-22-13-14-39-29(20(2)3)31(22)45(33(23)40-30)35(48)41-32/h7-8,11-14,18,20-21,49H,1,9-10,15-17,19H2,2-6H3/t21-/m0/s1. The Morgan fingerprint density at radius 1 is 1.10 bits per heavy atom. The van der Waals surface area contributed by atoms with Gasteiger partial charge in [-0.1, -0.05) is 26.5 Å². The summed E-state index contributed by atoms with van der Waals surface area (Å²) in [4.78, 5) is 59.0. The number of hydrogen-bond acceptors (Lipinski definition) is 8. The molecular formula is C36H39F2N7O4. The molecule has 5 heterocycles. The summed E-state index contributed by atoms with van der Waals surface area (Å²) in [5.74, 6) is -2.61. The molecule has 2 amide bonds. The number of halogens is 2. The molecule has 6 rings (SSSR count). The van der Waals surface area contributed by atoms with Crippen molar-refractivity contribution in [3.8, 4) is 16.9 Å². The van der Waals surface area contributed by atoms with Crippen LogP contribution in [0.5, 0.6) is 0 Å². The lowest BCUT2D eigenvalue weighted by Crippen LogP contribution is -2.54. The molecule has 1 N–H and O–H groups in total. The molecule has 256 valence electrons. The number of amides is 2. The van der Waals surface area contributed by atoms with E-state index >= 15 is 8.78 Å². The Morgan fingerprint density at radius 3 is 2.53 bits per heavy atom. The minimum absolute atomic E-state index is 0.0366. The molecule has 0 radical (unpaired) electrons. The molecule has 3 aromatic heterocycles. The van der Waals surface area contributed by atoms with Crippen molar-refractivity contribution in [2.24, 2.45) is 0 Å². The van der Waals surface area contributed by atoms with E-state index in [2.05, 4.69) is 16.5 Å². The Labute approximate surface area is 282 Å². The Bertz CT molecular complexity index is 2060. The van der Waals surface area contributed by atoms with Crippen molar-refractivity contribution in [3.05, 3.63) is 82.6 Å². The number of nitrogens with zero attached hydrogens (tertiary/aromatic N) is 7. The van der Waals surface area contributed by atoms with Gasteiger partial charge in [0, 0.05) is 38.4 Å². The van der Waals surface area contributed by atoms with Gasteiger partial charge in [0.15, 0.2) is 11.5 Å². The molecule has 0 unspecified atom stereocenters. The van der Waals surface area contributed by atoms with E-state index in [9.17, 15) is 19.5 Å². The van der Waals surface area contributed by atoms with Crippen molar-refractivity contribution in [1.29, 1.82) is 0 Å². The summed E-state index contributed by atoms with van der Waals surface area (Å²) in [5, 5.41) is 11.0. The number of anilines is 2. The van der Waals surface area contributed by atoms with E-state index in [0.29, 0.717) is 43.9 Å². The van der Waals surface area contributed by atoms with Crippen LogP contribution < -0.4 is 15.5 Å². The first kappa shape index (κ1) is 33.8. The van der Waals surface area contributed by atoms with Crippen molar-refractivity contribution < 1.29 is 23.5 Å². The molecule has 1 atom stereocenters. The predicted octanol–water partition coefficient (Wildman–Crippen LogP) is 4.52. The van der Waals surface area contributed by atoms with Crippen LogP contribution in [0.4, 0.5) is 20.3 Å². The van der Waals surface area contributed by atoms with E-state index in [0.717, 1.165) is 11.6 Å². The highest BCUT2D eigenvalue weighted by Gasteiger charge is 2.35. The van der Waals surface area contributed by atoms with Crippen LogP contribution in [0.15, 0.2) is 54.0 Å². The van der Waals surface area contributed by atoms with Gasteiger partial charge in [-0.3, -0.25) is 14.6 Å². The van der Waals surface area contributed by atoms with Crippen molar-refractivity contribution in [1.82, 2.24) is 24.4 Å². The predicted molar refractivity (Wildman–Crippen MR) is 183 cm³/mol. The number of aromatic nitrogens is 4. The molecule has 0 aliphatic carbocycles. The van der Waals surface area contributed by atoms with Crippen LogP contribution in [-0.2, 0) is 16.0 Å². The molecule has 1 saturated heterocycles. The Morgan fingerprint density at radius 2 is 1.86 bits per heavy atom. The second kappa shape index (κ2) is 12.8. The van der Waals surface area contributed by atoms with Crippen LogP contribution in [0.25, 0.3) is 28.0 Å². The number of piperazine rings is 1. The van der Waals surface area contributed by atoms with Gasteiger partial charge in [-0.2, -0.15) is 4.98 Å². The van der Waals surface area contributed by atoms with Gasteiger partial charge in [0.25, 0.3) is 5.91 Å². The van der Waals surface area contributed by atoms with Gasteiger partial charge in [-0.05, 0) is 75.4 Å². The van der Waals surface area contributed by atoms with Crippen LogP contribution in [0.3, 0.4) is 0 Å². The lowest BCUT2D eigenvalue weighted by Gasteiger charge is -2.40. The molecule has 0 spiro atoms. The van der Waals surface area contributed by atoms with Crippen molar-refractivity contribution in [3.63, 3.8) is 0 Å². The molecule has 1 fully saturated rings. The number of rotatable bonds is 4. The maximum absolute atomic E-state index is 16.6. The molecule has 2 aliphatic rings. The SMILES string of the molecule is C=CC(=O)N1CCN(c2nc(=O)n3c4nc(c(F)cc24)-c2c(F)cccc2N(C(=O)C(C)(C)O)CCCc2ccnc(C(C)C)c2-3)[C@@H](C)C1. The van der Waals surface area contributed by atoms with Crippen molar-refractivity contribution >= 4 is 34.4 Å². The lowest BCUT2D eigenvalue weighted by molar-refractivity contribution is -0.133. The highest BCUT2D eigenvalue weighted by Crippen LogP contribution is 2.39. The molecule has 0 saturated carbocycles. The van der Waals surface area contributed by atoms with Gasteiger partial charge in [-0.25, -0.2) is 23.1 Å². The third kappa shape index (κ3) is 5.96. The zero-order chi connectivity index (χ0) is 35.4. The smallest absolute Gasteiger partial charge is 0.355 e. The molecule has 2 aliphatic heterocycles. The summed E-state index contributed by atoms with van der Waals surface area (Å²) in [6.45, 7) is 13.0. The number of benzene rings is 1. The third-order valence-corrected chi connectivity index (χ3v) is 9.11. The quantitative estimate of drug-likeness (QED) is 0.314. The number of pyridine rings is 2. The summed E-state index contributed by atoms with van der Waals surface area (Å²) >= 11 is 0. The minimum Gasteiger partial charge on any atom is -0.381 e. The van der Waals surface area contributed by atoms with E-state index in [4.69, 9.17) is 4.98 Å². The molecule has 4 aromatic rings. The second-order valence-electron chi connectivity index (χ2n) is 13.4. The van der Waals surface area contributed by atoms with Gasteiger partial charge in [0.1, 0.15) is 22.9 Å². The van der Waals surface area contributed by atoms with Gasteiger partial charge in [0.2, 0.25) is 5.91 Å². The summed E-state index contributed by atoms with van der Waals surface area (Å²) in [5.41, 5.74) is -1.35. The Balaban J connectivity index is 1.71. The molecule has 2 bridgehead atoms. The molecule has 49 heavy (non-hydrogen) atoms. The number of carbonyl (C=O) groups excluding carboxylic acids is 2. The highest BCUT2D eigenvalue weighted by molar-refractivity contribution is 6.02. The normalized spacial score (nSPS) is 16.7. The first-order chi connectivity index (χ1) is 23.2. The van der Waals surface area contributed by atoms with Gasteiger partial charge in [-0.15, -0.1) is 0 Å². The maximum Gasteiger partial charge on any atom is 0.355 e. The van der Waals surface area contributed by atoms with Crippen LogP contribution in [-0.4, -0.2) is 79.2 Å². The molecule has 1 aromatic carbocycles. The summed E-state index contributed by atoms with van der Waals surface area (Å²) in [7, 11) is 0. The fourth-order valence-electron chi connectivity index (χ4n) is 6.76. The van der Waals surface area contributed by atoms with E-state index in [1.54, 1.807) is 17.2 Å². The summed E-state index contributed by atoms with van der Waals surface area (Å²) < 4.78 is 33.9. The topological polar surface area (TPSA) is 125 Å². The molecule has 11 nitrogen and oxygen atoms in total. The van der Waals surface area contributed by atoms with Crippen LogP contribution in [0.1, 0.15) is 58.2 Å². The number of aliphatic hydroxyl groups is 1. The average molecular weight is 672 g/mol. The third-order valence-electron chi connectivity index (χ3n) is 9.11. The van der Waals surface area contributed by atoms with Crippen molar-refractivity contribution in [2.45, 2.75) is 65.0 Å². The zero-order valence-electron chi connectivity index (χ0n) is 28.2. The van der Waals surface area contributed by atoms with Gasteiger partial charge < -0.3 is 19.8 Å². The number of aryl methyl sites for hydroxylation is 1. The van der Waals surface area contributed by atoms with E-state index in [1.807, 2.05) is 25.7 Å². The second-order valence-corrected chi connectivity index (χ2v) is 13.4. The number of carbonyl (C=O) groups is 2. The summed E-state index contributed by atoms with van der Waals surface area (Å²) in [6, 6.07) is 6.73. The monoisotopic (exact) mass is 671 g/mol. The van der Waals surface area contributed by atoms with Gasteiger partial charge in [0.05, 0.1) is 28.0 Å². The lowest BCUT2D eigenvalue weighted by atomic mass is 9.99. The van der Waals surface area contributed by atoms with Crippen LogP contribution >= 0.6 is 0 Å². The van der Waals surface area contributed by atoms with Crippen molar-refractivity contribution in [2.75, 3.05) is 36.0 Å². The minimum atomic E-state index is -1.82. The fourth-order valence-corrected chi connectivity index (χ4v) is 6.76.